The van der Waals surface area contributed by atoms with Crippen molar-refractivity contribution < 1.29 is 14.4 Å². The van der Waals surface area contributed by atoms with Gasteiger partial charge in [-0.2, -0.15) is 0 Å². The molecule has 0 saturated carbocycles. The fraction of sp³-hybridized carbons (Fsp3) is 0.200. The van der Waals surface area contributed by atoms with Gasteiger partial charge in [-0.15, -0.1) is 10.2 Å². The summed E-state index contributed by atoms with van der Waals surface area (Å²) >= 11 is 6.82. The number of hydrogen-bond acceptors (Lipinski definition) is 7. The highest BCUT2D eigenvalue weighted by Crippen LogP contribution is 2.31. The quantitative estimate of drug-likeness (QED) is 0.623. The Hall–Kier alpha value is -1.93. The second-order valence-corrected chi connectivity index (χ2v) is 4.97. The molecule has 9 heteroatoms. The summed E-state index contributed by atoms with van der Waals surface area (Å²) in [4.78, 5) is 10.3. The fourth-order valence-electron chi connectivity index (χ4n) is 1.34. The lowest BCUT2D eigenvalue weighted by molar-refractivity contribution is -0.385. The number of benzene rings is 1. The van der Waals surface area contributed by atoms with Gasteiger partial charge in [0.15, 0.2) is 10.8 Å². The van der Waals surface area contributed by atoms with Crippen LogP contribution in [0.3, 0.4) is 0 Å². The number of nitrogens with zero attached hydrogens (tertiary/aromatic N) is 3. The maximum Gasteiger partial charge on any atom is 0.314 e. The highest BCUT2D eigenvalue weighted by molar-refractivity contribution is 7.15. The van der Waals surface area contributed by atoms with E-state index in [4.69, 9.17) is 21.1 Å². The van der Waals surface area contributed by atoms with Crippen LogP contribution in [0.25, 0.3) is 0 Å². The average molecular weight is 302 g/mol. The van der Waals surface area contributed by atoms with Crippen LogP contribution in [0.5, 0.6) is 11.5 Å². The fourth-order valence-corrected chi connectivity index (χ4v) is 2.12. The van der Waals surface area contributed by atoms with Crippen LogP contribution in [-0.2, 0) is 6.61 Å². The first-order chi connectivity index (χ1) is 9.10. The minimum atomic E-state index is -0.534. The Kier molecular flexibility index (Phi) is 4.13. The number of ether oxygens (including phenoxy) is 2. The van der Waals surface area contributed by atoms with Gasteiger partial charge in [0.1, 0.15) is 12.4 Å². The van der Waals surface area contributed by atoms with Crippen LogP contribution in [0.4, 0.5) is 5.69 Å². The molecule has 1 aromatic carbocycles. The third-order valence-corrected chi connectivity index (χ3v) is 3.14. The predicted octanol–water partition coefficient (Wildman–Crippen LogP) is 2.69. The first-order valence-corrected chi connectivity index (χ1v) is 6.22. The van der Waals surface area contributed by atoms with E-state index in [1.165, 1.54) is 30.6 Å². The van der Waals surface area contributed by atoms with Gasteiger partial charge >= 0.3 is 5.69 Å². The Morgan fingerprint density at radius 2 is 2.26 bits per heavy atom. The zero-order valence-electron chi connectivity index (χ0n) is 9.70. The monoisotopic (exact) mass is 301 g/mol. The Morgan fingerprint density at radius 3 is 2.84 bits per heavy atom. The van der Waals surface area contributed by atoms with Crippen LogP contribution in [0.1, 0.15) is 5.01 Å². The molecule has 100 valence electrons. The van der Waals surface area contributed by atoms with E-state index in [0.717, 1.165) is 0 Å². The number of halogens is 1. The van der Waals surface area contributed by atoms with E-state index >= 15 is 0 Å². The minimum absolute atomic E-state index is 0.147. The molecule has 0 aliphatic rings. The van der Waals surface area contributed by atoms with E-state index < -0.39 is 4.92 Å². The highest BCUT2D eigenvalue weighted by atomic mass is 35.5. The molecule has 19 heavy (non-hydrogen) atoms. The van der Waals surface area contributed by atoms with Gasteiger partial charge in [-0.1, -0.05) is 11.3 Å². The lowest BCUT2D eigenvalue weighted by atomic mass is 10.3. The van der Waals surface area contributed by atoms with E-state index in [9.17, 15) is 10.1 Å². The van der Waals surface area contributed by atoms with Gasteiger partial charge in [0.05, 0.1) is 18.1 Å². The summed E-state index contributed by atoms with van der Waals surface area (Å²) in [5.41, 5.74) is -0.157. The predicted molar refractivity (Wildman–Crippen MR) is 68.9 cm³/mol. The second kappa shape index (κ2) is 5.81. The largest absolute Gasteiger partial charge is 0.490 e. The maximum absolute atomic E-state index is 10.8. The third-order valence-electron chi connectivity index (χ3n) is 2.15. The van der Waals surface area contributed by atoms with Crippen molar-refractivity contribution in [3.63, 3.8) is 0 Å². The van der Waals surface area contributed by atoms with Gasteiger partial charge in [-0.3, -0.25) is 10.1 Å². The standard InChI is InChI=1S/C10H8ClN3O4S/c1-17-8-3-2-6(4-7(8)14(15)16)18-5-9-12-13-10(11)19-9/h2-4H,5H2,1H3. The summed E-state index contributed by atoms with van der Waals surface area (Å²) < 4.78 is 10.6. The van der Waals surface area contributed by atoms with Crippen molar-refractivity contribution in [1.29, 1.82) is 0 Å². The van der Waals surface area contributed by atoms with Gasteiger partial charge in [-0.05, 0) is 23.7 Å². The Bertz CT molecular complexity index is 604. The summed E-state index contributed by atoms with van der Waals surface area (Å²) in [5.74, 6) is 0.523. The molecule has 0 aliphatic heterocycles. The molecule has 0 bridgehead atoms. The maximum atomic E-state index is 10.8. The average Bonchev–Trinajstić information content (AvgIpc) is 2.81. The van der Waals surface area contributed by atoms with Crippen molar-refractivity contribution in [2.45, 2.75) is 6.61 Å². The zero-order valence-corrected chi connectivity index (χ0v) is 11.3. The molecule has 0 N–H and O–H groups in total. The Morgan fingerprint density at radius 1 is 1.47 bits per heavy atom. The van der Waals surface area contributed by atoms with E-state index in [0.29, 0.717) is 15.2 Å². The van der Waals surface area contributed by atoms with Gasteiger partial charge in [-0.25, -0.2) is 0 Å². The van der Waals surface area contributed by atoms with Gasteiger partial charge in [0.2, 0.25) is 4.47 Å². The van der Waals surface area contributed by atoms with Crippen LogP contribution in [0.2, 0.25) is 4.47 Å². The van der Waals surface area contributed by atoms with Crippen LogP contribution in [-0.4, -0.2) is 22.2 Å². The summed E-state index contributed by atoms with van der Waals surface area (Å²) in [6.07, 6.45) is 0. The zero-order chi connectivity index (χ0) is 13.8. The molecule has 0 unspecified atom stereocenters. The van der Waals surface area contributed by atoms with Crippen LogP contribution >= 0.6 is 22.9 Å². The smallest absolute Gasteiger partial charge is 0.314 e. The highest BCUT2D eigenvalue weighted by Gasteiger charge is 2.16. The molecule has 0 fully saturated rings. The SMILES string of the molecule is COc1ccc(OCc2nnc(Cl)s2)cc1[N+](=O)[O-]. The molecule has 0 atom stereocenters. The summed E-state index contributed by atoms with van der Waals surface area (Å²) in [5, 5.41) is 18.8. The van der Waals surface area contributed by atoms with Crippen molar-refractivity contribution in [2.24, 2.45) is 0 Å². The van der Waals surface area contributed by atoms with Crippen molar-refractivity contribution >= 4 is 28.6 Å². The minimum Gasteiger partial charge on any atom is -0.490 e. The first kappa shape index (κ1) is 13.5. The lowest BCUT2D eigenvalue weighted by Crippen LogP contribution is -1.98. The molecule has 2 rings (SSSR count). The summed E-state index contributed by atoms with van der Waals surface area (Å²) in [6, 6.07) is 4.34. The molecule has 0 spiro atoms. The number of rotatable bonds is 5. The molecule has 1 aromatic heterocycles. The van der Waals surface area contributed by atoms with Crippen molar-refractivity contribution in [3.05, 3.63) is 37.8 Å². The van der Waals surface area contributed by atoms with Crippen molar-refractivity contribution in [1.82, 2.24) is 10.2 Å². The molecule has 0 amide bonds. The molecule has 0 aliphatic carbocycles. The Labute approximate surface area is 116 Å². The number of methoxy groups -OCH3 is 1. The van der Waals surface area contributed by atoms with E-state index in [1.807, 2.05) is 0 Å². The summed E-state index contributed by atoms with van der Waals surface area (Å²) in [6.45, 7) is 0.147. The lowest BCUT2D eigenvalue weighted by Gasteiger charge is -2.05. The van der Waals surface area contributed by atoms with Gasteiger partial charge in [0, 0.05) is 0 Å². The number of aromatic nitrogens is 2. The third kappa shape index (κ3) is 3.30. The van der Waals surface area contributed by atoms with Gasteiger partial charge in [0.25, 0.3) is 0 Å². The molecule has 1 heterocycles. The Balaban J connectivity index is 2.12. The molecule has 0 radical (unpaired) electrons. The van der Waals surface area contributed by atoms with Crippen molar-refractivity contribution in [2.75, 3.05) is 7.11 Å². The second-order valence-electron chi connectivity index (χ2n) is 3.33. The first-order valence-electron chi connectivity index (χ1n) is 5.03. The van der Waals surface area contributed by atoms with E-state index in [-0.39, 0.29) is 18.0 Å². The van der Waals surface area contributed by atoms with Crippen molar-refractivity contribution in [3.8, 4) is 11.5 Å². The number of hydrogen-bond donors (Lipinski definition) is 0. The molecule has 2 aromatic rings. The number of nitro groups is 1. The molecular weight excluding hydrogens is 294 g/mol. The van der Waals surface area contributed by atoms with Crippen LogP contribution < -0.4 is 9.47 Å². The van der Waals surface area contributed by atoms with E-state index in [1.54, 1.807) is 6.07 Å². The van der Waals surface area contributed by atoms with Crippen LogP contribution in [0, 0.1) is 10.1 Å². The van der Waals surface area contributed by atoms with E-state index in [2.05, 4.69) is 10.2 Å². The summed E-state index contributed by atoms with van der Waals surface area (Å²) in [7, 11) is 1.37. The molecule has 7 nitrogen and oxygen atoms in total. The van der Waals surface area contributed by atoms with Crippen LogP contribution in [0.15, 0.2) is 18.2 Å². The van der Waals surface area contributed by atoms with Gasteiger partial charge < -0.3 is 9.47 Å². The molecular formula is C10H8ClN3O4S. The molecule has 0 saturated heterocycles. The normalized spacial score (nSPS) is 10.2. The topological polar surface area (TPSA) is 87.4 Å². The number of nitro benzene ring substituents is 1.